The Labute approximate surface area is 123 Å². The van der Waals surface area contributed by atoms with Gasteiger partial charge in [-0.1, -0.05) is 0 Å². The summed E-state index contributed by atoms with van der Waals surface area (Å²) in [6.45, 7) is 2.51. The fourth-order valence-electron chi connectivity index (χ4n) is 2.16. The van der Waals surface area contributed by atoms with Crippen LogP contribution in [0.15, 0.2) is 18.3 Å². The number of nitrogens with zero attached hydrogens (tertiary/aromatic N) is 4. The number of aromatic nitrogens is 1. The van der Waals surface area contributed by atoms with E-state index in [-0.39, 0.29) is 17.4 Å². The molecule has 2 heterocycles. The molecule has 1 aromatic rings. The number of amides is 2. The van der Waals surface area contributed by atoms with Gasteiger partial charge >= 0.3 is 0 Å². The number of hydrogen-bond donors (Lipinski definition) is 0. The summed E-state index contributed by atoms with van der Waals surface area (Å²) in [6.07, 6.45) is 1.32. The average molecular weight is 294 g/mol. The minimum Gasteiger partial charge on any atom is -0.348 e. The van der Waals surface area contributed by atoms with Gasteiger partial charge in [-0.25, -0.2) is 4.98 Å². The molecule has 1 aliphatic heterocycles. The molecule has 1 aromatic heterocycles. The highest BCUT2D eigenvalue weighted by Crippen LogP contribution is 2.10. The molecule has 0 aliphatic carbocycles. The Morgan fingerprint density at radius 3 is 2.52 bits per heavy atom. The van der Waals surface area contributed by atoms with Crippen LogP contribution in [0, 0.1) is 5.95 Å². The number of piperazine rings is 1. The lowest BCUT2D eigenvalue weighted by Gasteiger charge is -2.34. The number of carbonyl (C=O) groups is 2. The molecule has 0 bridgehead atoms. The summed E-state index contributed by atoms with van der Waals surface area (Å²) >= 11 is 0. The Morgan fingerprint density at radius 2 is 1.95 bits per heavy atom. The summed E-state index contributed by atoms with van der Waals surface area (Å²) in [7, 11) is 3.43. The van der Waals surface area contributed by atoms with Crippen LogP contribution < -0.4 is 0 Å². The van der Waals surface area contributed by atoms with Crippen molar-refractivity contribution in [3.05, 3.63) is 29.8 Å². The Bertz CT molecular complexity index is 527. The molecule has 1 saturated heterocycles. The summed E-state index contributed by atoms with van der Waals surface area (Å²) in [4.78, 5) is 32.5. The van der Waals surface area contributed by atoms with Crippen molar-refractivity contribution in [2.45, 2.75) is 0 Å². The van der Waals surface area contributed by atoms with Crippen LogP contribution in [0.25, 0.3) is 0 Å². The lowest BCUT2D eigenvalue weighted by atomic mass is 10.2. The van der Waals surface area contributed by atoms with E-state index < -0.39 is 5.95 Å². The fraction of sp³-hybridized carbons (Fsp3) is 0.500. The summed E-state index contributed by atoms with van der Waals surface area (Å²) in [5.74, 6) is -1.06. The van der Waals surface area contributed by atoms with E-state index in [0.717, 1.165) is 0 Å². The smallest absolute Gasteiger partial charge is 0.258 e. The molecule has 0 spiro atoms. The third-order valence-electron chi connectivity index (χ3n) is 3.51. The lowest BCUT2D eigenvalue weighted by molar-refractivity contribution is -0.130. The van der Waals surface area contributed by atoms with E-state index in [1.54, 1.807) is 30.0 Å². The highest BCUT2D eigenvalue weighted by atomic mass is 19.1. The van der Waals surface area contributed by atoms with Gasteiger partial charge in [0.1, 0.15) is 0 Å². The summed E-state index contributed by atoms with van der Waals surface area (Å²) in [5, 5.41) is 0. The van der Waals surface area contributed by atoms with Gasteiger partial charge in [0.15, 0.2) is 0 Å². The van der Waals surface area contributed by atoms with Gasteiger partial charge in [-0.05, 0) is 12.1 Å². The first-order valence-electron chi connectivity index (χ1n) is 6.81. The quantitative estimate of drug-likeness (QED) is 0.740. The molecule has 21 heavy (non-hydrogen) atoms. The minimum absolute atomic E-state index is 0.00434. The number of rotatable bonds is 3. The predicted molar refractivity (Wildman–Crippen MR) is 75.2 cm³/mol. The lowest BCUT2D eigenvalue weighted by Crippen LogP contribution is -2.51. The fourth-order valence-corrected chi connectivity index (χ4v) is 2.16. The molecule has 0 radical (unpaired) electrons. The van der Waals surface area contributed by atoms with Gasteiger partial charge in [-0.3, -0.25) is 14.5 Å². The molecule has 2 amide bonds. The van der Waals surface area contributed by atoms with Crippen molar-refractivity contribution in [2.24, 2.45) is 0 Å². The normalized spacial score (nSPS) is 15.9. The maximum absolute atomic E-state index is 13.5. The van der Waals surface area contributed by atoms with Gasteiger partial charge in [-0.15, -0.1) is 0 Å². The van der Waals surface area contributed by atoms with Gasteiger partial charge in [0.25, 0.3) is 5.91 Å². The average Bonchev–Trinajstić information content (AvgIpc) is 2.47. The minimum atomic E-state index is -0.743. The Hall–Kier alpha value is -2.02. The van der Waals surface area contributed by atoms with Crippen molar-refractivity contribution in [1.29, 1.82) is 0 Å². The molecule has 2 rings (SSSR count). The summed E-state index contributed by atoms with van der Waals surface area (Å²) in [6, 6.07) is 2.98. The van der Waals surface area contributed by atoms with Crippen LogP contribution >= 0.6 is 0 Å². The third-order valence-corrected chi connectivity index (χ3v) is 3.51. The van der Waals surface area contributed by atoms with Crippen molar-refractivity contribution in [3.8, 4) is 0 Å². The van der Waals surface area contributed by atoms with Crippen LogP contribution in [-0.4, -0.2) is 78.3 Å². The van der Waals surface area contributed by atoms with Gasteiger partial charge in [0.2, 0.25) is 11.9 Å². The first-order chi connectivity index (χ1) is 9.99. The first-order valence-corrected chi connectivity index (χ1v) is 6.81. The molecule has 0 N–H and O–H groups in total. The van der Waals surface area contributed by atoms with E-state index >= 15 is 0 Å². The van der Waals surface area contributed by atoms with Crippen LogP contribution in [0.2, 0.25) is 0 Å². The second-order valence-electron chi connectivity index (χ2n) is 5.20. The highest BCUT2D eigenvalue weighted by Gasteiger charge is 2.25. The monoisotopic (exact) mass is 294 g/mol. The number of carbonyl (C=O) groups excluding carboxylic acids is 2. The standard InChI is InChI=1S/C14H19FN4O2/c1-17(2)12(20)10-18-6-8-19(9-7-18)14(21)11-4-3-5-16-13(11)15/h3-5H,6-10H2,1-2H3. The van der Waals surface area contributed by atoms with Crippen molar-refractivity contribution in [1.82, 2.24) is 19.7 Å². The second-order valence-corrected chi connectivity index (χ2v) is 5.20. The number of hydrogen-bond acceptors (Lipinski definition) is 4. The topological polar surface area (TPSA) is 56.8 Å². The number of pyridine rings is 1. The maximum Gasteiger partial charge on any atom is 0.258 e. The molecule has 1 aliphatic rings. The summed E-state index contributed by atoms with van der Waals surface area (Å²) in [5.41, 5.74) is -0.00434. The van der Waals surface area contributed by atoms with Crippen LogP contribution in [0.4, 0.5) is 4.39 Å². The number of halogens is 1. The molecule has 1 fully saturated rings. The maximum atomic E-state index is 13.5. The molecule has 114 valence electrons. The van der Waals surface area contributed by atoms with Crippen molar-refractivity contribution in [2.75, 3.05) is 46.8 Å². The first kappa shape index (κ1) is 15.4. The van der Waals surface area contributed by atoms with E-state index in [0.29, 0.717) is 32.7 Å². The van der Waals surface area contributed by atoms with Gasteiger partial charge < -0.3 is 9.80 Å². The Kier molecular flexibility index (Phi) is 4.85. The SMILES string of the molecule is CN(C)C(=O)CN1CCN(C(=O)c2cccnc2F)CC1. The van der Waals surface area contributed by atoms with E-state index in [1.807, 2.05) is 4.90 Å². The molecular weight excluding hydrogens is 275 g/mol. The molecule has 0 atom stereocenters. The number of likely N-dealkylation sites (N-methyl/N-ethyl adjacent to an activating group) is 1. The van der Waals surface area contributed by atoms with E-state index in [2.05, 4.69) is 4.98 Å². The second kappa shape index (κ2) is 6.62. The molecular formula is C14H19FN4O2. The van der Waals surface area contributed by atoms with E-state index in [4.69, 9.17) is 0 Å². The molecule has 0 aromatic carbocycles. The van der Waals surface area contributed by atoms with Crippen molar-refractivity contribution in [3.63, 3.8) is 0 Å². The van der Waals surface area contributed by atoms with Gasteiger partial charge in [-0.2, -0.15) is 4.39 Å². The summed E-state index contributed by atoms with van der Waals surface area (Å²) < 4.78 is 13.5. The zero-order valence-electron chi connectivity index (χ0n) is 12.3. The zero-order chi connectivity index (χ0) is 15.4. The van der Waals surface area contributed by atoms with Crippen LogP contribution in [0.5, 0.6) is 0 Å². The Morgan fingerprint density at radius 1 is 1.29 bits per heavy atom. The van der Waals surface area contributed by atoms with Crippen molar-refractivity contribution >= 4 is 11.8 Å². The van der Waals surface area contributed by atoms with Crippen LogP contribution in [0.1, 0.15) is 10.4 Å². The highest BCUT2D eigenvalue weighted by molar-refractivity contribution is 5.94. The van der Waals surface area contributed by atoms with E-state index in [1.165, 1.54) is 12.3 Å². The largest absolute Gasteiger partial charge is 0.348 e. The van der Waals surface area contributed by atoms with Crippen LogP contribution in [-0.2, 0) is 4.79 Å². The Balaban J connectivity index is 1.91. The molecule has 0 saturated carbocycles. The van der Waals surface area contributed by atoms with Crippen molar-refractivity contribution < 1.29 is 14.0 Å². The van der Waals surface area contributed by atoms with Gasteiger partial charge in [0, 0.05) is 46.5 Å². The molecule has 0 unspecified atom stereocenters. The predicted octanol–water partition coefficient (Wildman–Crippen LogP) is 0.0667. The molecule has 7 heteroatoms. The van der Waals surface area contributed by atoms with E-state index in [9.17, 15) is 14.0 Å². The third kappa shape index (κ3) is 3.75. The van der Waals surface area contributed by atoms with Crippen LogP contribution in [0.3, 0.4) is 0 Å². The zero-order valence-corrected chi connectivity index (χ0v) is 12.3. The molecule has 6 nitrogen and oxygen atoms in total. The van der Waals surface area contributed by atoms with Gasteiger partial charge in [0.05, 0.1) is 12.1 Å².